The van der Waals surface area contributed by atoms with E-state index in [0.29, 0.717) is 32.1 Å². The van der Waals surface area contributed by atoms with Gasteiger partial charge in [0.2, 0.25) is 5.91 Å². The third-order valence-electron chi connectivity index (χ3n) is 5.02. The molecule has 0 bridgehead atoms. The van der Waals surface area contributed by atoms with Gasteiger partial charge in [-0.1, -0.05) is 28.1 Å². The fourth-order valence-corrected chi connectivity index (χ4v) is 4.00. The van der Waals surface area contributed by atoms with Crippen LogP contribution in [0.1, 0.15) is 12.0 Å². The van der Waals surface area contributed by atoms with Crippen LogP contribution in [0.5, 0.6) is 11.5 Å². The van der Waals surface area contributed by atoms with E-state index in [1.807, 2.05) is 24.3 Å². The zero-order valence-corrected chi connectivity index (χ0v) is 16.7. The van der Waals surface area contributed by atoms with Crippen LogP contribution in [-0.2, 0) is 11.2 Å². The fourth-order valence-electron chi connectivity index (χ4n) is 3.61. The van der Waals surface area contributed by atoms with E-state index in [9.17, 15) is 4.79 Å². The first kappa shape index (κ1) is 18.2. The van der Waals surface area contributed by atoms with Gasteiger partial charge in [0.25, 0.3) is 0 Å². The largest absolute Gasteiger partial charge is 0.486 e. The second-order valence-electron chi connectivity index (χ2n) is 7.04. The van der Waals surface area contributed by atoms with Crippen molar-refractivity contribution >= 4 is 27.5 Å². The molecule has 0 spiro atoms. The summed E-state index contributed by atoms with van der Waals surface area (Å²) in [7, 11) is 0. The van der Waals surface area contributed by atoms with Gasteiger partial charge < -0.3 is 19.7 Å². The number of anilines is 1. The molecule has 5 nitrogen and oxygen atoms in total. The second-order valence-corrected chi connectivity index (χ2v) is 7.96. The van der Waals surface area contributed by atoms with Gasteiger partial charge in [-0.2, -0.15) is 0 Å². The number of fused-ring (bicyclic) bond motifs is 1. The number of nitrogens with zero attached hydrogens (tertiary/aromatic N) is 1. The number of carbonyl (C=O) groups excluding carboxylic acids is 1. The lowest BCUT2D eigenvalue weighted by atomic mass is 10.1. The van der Waals surface area contributed by atoms with Crippen LogP contribution in [0, 0.1) is 5.92 Å². The Labute approximate surface area is 167 Å². The van der Waals surface area contributed by atoms with Gasteiger partial charge in [-0.3, -0.25) is 4.79 Å². The van der Waals surface area contributed by atoms with E-state index < -0.39 is 0 Å². The SMILES string of the molecule is O=C(Cc1ccc2c(c1)OCCO2)NCC1CCN(c2cccc(Br)c2)C1. The summed E-state index contributed by atoms with van der Waals surface area (Å²) in [6.45, 7) is 3.85. The van der Waals surface area contributed by atoms with Crippen LogP contribution in [0.3, 0.4) is 0 Å². The van der Waals surface area contributed by atoms with E-state index in [4.69, 9.17) is 9.47 Å². The molecule has 1 fully saturated rings. The fraction of sp³-hybridized carbons (Fsp3) is 0.381. The van der Waals surface area contributed by atoms with Gasteiger partial charge in [0.1, 0.15) is 13.2 Å². The Morgan fingerprint density at radius 3 is 2.85 bits per heavy atom. The monoisotopic (exact) mass is 430 g/mol. The number of nitrogens with one attached hydrogen (secondary N) is 1. The molecule has 27 heavy (non-hydrogen) atoms. The maximum absolute atomic E-state index is 12.3. The molecule has 142 valence electrons. The van der Waals surface area contributed by atoms with Crippen LogP contribution < -0.4 is 19.7 Å². The number of hydrogen-bond donors (Lipinski definition) is 1. The molecule has 2 aliphatic heterocycles. The predicted molar refractivity (Wildman–Crippen MR) is 109 cm³/mol. The lowest BCUT2D eigenvalue weighted by molar-refractivity contribution is -0.120. The Kier molecular flexibility index (Phi) is 5.53. The minimum Gasteiger partial charge on any atom is -0.486 e. The molecule has 1 N–H and O–H groups in total. The topological polar surface area (TPSA) is 50.8 Å². The number of halogens is 1. The Morgan fingerprint density at radius 2 is 2.00 bits per heavy atom. The summed E-state index contributed by atoms with van der Waals surface area (Å²) < 4.78 is 12.2. The summed E-state index contributed by atoms with van der Waals surface area (Å²) >= 11 is 3.53. The summed E-state index contributed by atoms with van der Waals surface area (Å²) in [6, 6.07) is 14.1. The maximum Gasteiger partial charge on any atom is 0.224 e. The Morgan fingerprint density at radius 1 is 1.15 bits per heavy atom. The van der Waals surface area contributed by atoms with Crippen LogP contribution in [0.15, 0.2) is 46.9 Å². The molecule has 4 rings (SSSR count). The highest BCUT2D eigenvalue weighted by atomic mass is 79.9. The zero-order chi connectivity index (χ0) is 18.6. The van der Waals surface area contributed by atoms with Gasteiger partial charge in [0.05, 0.1) is 6.42 Å². The summed E-state index contributed by atoms with van der Waals surface area (Å²) in [5.74, 6) is 2.01. The molecule has 1 unspecified atom stereocenters. The second kappa shape index (κ2) is 8.21. The van der Waals surface area contributed by atoms with Crippen molar-refractivity contribution < 1.29 is 14.3 Å². The van der Waals surface area contributed by atoms with Crippen molar-refractivity contribution in [3.63, 3.8) is 0 Å². The van der Waals surface area contributed by atoms with E-state index in [2.05, 4.69) is 44.3 Å². The van der Waals surface area contributed by atoms with Gasteiger partial charge >= 0.3 is 0 Å². The first-order chi connectivity index (χ1) is 13.2. The van der Waals surface area contributed by atoms with Gasteiger partial charge in [-0.25, -0.2) is 0 Å². The quantitative estimate of drug-likeness (QED) is 0.789. The zero-order valence-electron chi connectivity index (χ0n) is 15.1. The van der Waals surface area contributed by atoms with Crippen molar-refractivity contribution in [1.29, 1.82) is 0 Å². The van der Waals surface area contributed by atoms with Crippen molar-refractivity contribution in [2.24, 2.45) is 5.92 Å². The average Bonchev–Trinajstić information content (AvgIpc) is 3.15. The van der Waals surface area contributed by atoms with E-state index in [0.717, 1.165) is 41.0 Å². The maximum atomic E-state index is 12.3. The van der Waals surface area contributed by atoms with Crippen LogP contribution in [-0.4, -0.2) is 38.8 Å². The summed E-state index contributed by atoms with van der Waals surface area (Å²) in [5.41, 5.74) is 2.17. The van der Waals surface area contributed by atoms with E-state index >= 15 is 0 Å². The van der Waals surface area contributed by atoms with Crippen molar-refractivity contribution in [2.45, 2.75) is 12.8 Å². The molecule has 2 aromatic carbocycles. The number of rotatable bonds is 5. The first-order valence-corrected chi connectivity index (χ1v) is 10.1. The molecule has 0 radical (unpaired) electrons. The normalized spacial score (nSPS) is 18.4. The summed E-state index contributed by atoms with van der Waals surface area (Å²) in [6.07, 6.45) is 1.45. The number of benzene rings is 2. The third-order valence-corrected chi connectivity index (χ3v) is 5.51. The van der Waals surface area contributed by atoms with Gasteiger partial charge in [0, 0.05) is 29.8 Å². The molecule has 2 aliphatic rings. The highest BCUT2D eigenvalue weighted by molar-refractivity contribution is 9.10. The molecule has 1 saturated heterocycles. The highest BCUT2D eigenvalue weighted by Crippen LogP contribution is 2.31. The molecule has 6 heteroatoms. The van der Waals surface area contributed by atoms with Crippen LogP contribution in [0.2, 0.25) is 0 Å². The van der Waals surface area contributed by atoms with Crippen molar-refractivity contribution in [3.8, 4) is 11.5 Å². The van der Waals surface area contributed by atoms with E-state index in [1.54, 1.807) is 0 Å². The van der Waals surface area contributed by atoms with E-state index in [-0.39, 0.29) is 5.91 Å². The molecule has 0 aromatic heterocycles. The minimum absolute atomic E-state index is 0.0487. The minimum atomic E-state index is 0.0487. The number of carbonyl (C=O) groups is 1. The third kappa shape index (κ3) is 4.56. The van der Waals surface area contributed by atoms with Crippen molar-refractivity contribution in [2.75, 3.05) is 37.7 Å². The van der Waals surface area contributed by atoms with Gasteiger partial charge in [0.15, 0.2) is 11.5 Å². The first-order valence-electron chi connectivity index (χ1n) is 9.33. The number of ether oxygens (including phenoxy) is 2. The smallest absolute Gasteiger partial charge is 0.224 e. The molecule has 2 aromatic rings. The van der Waals surface area contributed by atoms with Crippen molar-refractivity contribution in [3.05, 3.63) is 52.5 Å². The summed E-state index contributed by atoms with van der Waals surface area (Å²) in [4.78, 5) is 14.7. The number of hydrogen-bond acceptors (Lipinski definition) is 4. The highest BCUT2D eigenvalue weighted by Gasteiger charge is 2.23. The molecule has 1 amide bonds. The average molecular weight is 431 g/mol. The Hall–Kier alpha value is -2.21. The molecular formula is C21H23BrN2O3. The molecule has 1 atom stereocenters. The number of amides is 1. The Balaban J connectivity index is 1.26. The van der Waals surface area contributed by atoms with Crippen LogP contribution >= 0.6 is 15.9 Å². The van der Waals surface area contributed by atoms with E-state index in [1.165, 1.54) is 5.69 Å². The summed E-state index contributed by atoms with van der Waals surface area (Å²) in [5, 5.41) is 3.09. The molecule has 0 saturated carbocycles. The standard InChI is InChI=1S/C21H23BrN2O3/c22-17-2-1-3-18(12-17)24-7-6-16(14-24)13-23-21(25)11-15-4-5-19-20(10-15)27-9-8-26-19/h1-5,10,12,16H,6-9,11,13-14H2,(H,23,25). The molecular weight excluding hydrogens is 408 g/mol. The lowest BCUT2D eigenvalue weighted by Crippen LogP contribution is -2.32. The van der Waals surface area contributed by atoms with Crippen LogP contribution in [0.25, 0.3) is 0 Å². The van der Waals surface area contributed by atoms with Crippen LogP contribution in [0.4, 0.5) is 5.69 Å². The predicted octanol–water partition coefficient (Wildman–Crippen LogP) is 3.41. The van der Waals surface area contributed by atoms with Gasteiger partial charge in [-0.05, 0) is 48.2 Å². The van der Waals surface area contributed by atoms with Gasteiger partial charge in [-0.15, -0.1) is 0 Å². The molecule has 2 heterocycles. The molecule has 0 aliphatic carbocycles. The van der Waals surface area contributed by atoms with Crippen molar-refractivity contribution in [1.82, 2.24) is 5.32 Å². The Bertz CT molecular complexity index is 827. The lowest BCUT2D eigenvalue weighted by Gasteiger charge is -2.19.